The molecular formula is C19H26N2O4. The van der Waals surface area contributed by atoms with Crippen molar-refractivity contribution < 1.29 is 19.1 Å². The molecule has 2 rings (SSSR count). The zero-order chi connectivity index (χ0) is 18.4. The number of nitrogens with zero attached hydrogens (tertiary/aromatic N) is 1. The van der Waals surface area contributed by atoms with Crippen LogP contribution in [0.25, 0.3) is 0 Å². The van der Waals surface area contributed by atoms with Gasteiger partial charge in [-0.2, -0.15) is 0 Å². The van der Waals surface area contributed by atoms with Crippen molar-refractivity contribution in [2.45, 2.75) is 33.6 Å². The van der Waals surface area contributed by atoms with E-state index < -0.39 is 0 Å². The fourth-order valence-electron chi connectivity index (χ4n) is 2.88. The van der Waals surface area contributed by atoms with E-state index in [2.05, 4.69) is 5.32 Å². The highest BCUT2D eigenvalue weighted by Gasteiger charge is 2.28. The first kappa shape index (κ1) is 19.0. The maximum atomic E-state index is 12.4. The van der Waals surface area contributed by atoms with E-state index in [4.69, 9.17) is 4.74 Å². The lowest BCUT2D eigenvalue weighted by Crippen LogP contribution is -2.43. The summed E-state index contributed by atoms with van der Waals surface area (Å²) in [7, 11) is 0. The van der Waals surface area contributed by atoms with Gasteiger partial charge in [0.15, 0.2) is 0 Å². The summed E-state index contributed by atoms with van der Waals surface area (Å²) >= 11 is 0. The summed E-state index contributed by atoms with van der Waals surface area (Å²) in [6.45, 7) is 7.11. The number of rotatable bonds is 5. The third-order valence-electron chi connectivity index (χ3n) is 4.33. The SMILES string of the molecule is CCOC(=O)c1ccc(NC(=O)C2CCN(C(=O)C(C)C)CC2)cc1. The minimum Gasteiger partial charge on any atom is -0.462 e. The fraction of sp³-hybridized carbons (Fsp3) is 0.526. The summed E-state index contributed by atoms with van der Waals surface area (Å²) in [5.41, 5.74) is 1.11. The Morgan fingerprint density at radius 2 is 1.76 bits per heavy atom. The van der Waals surface area contributed by atoms with Gasteiger partial charge in [0.25, 0.3) is 0 Å². The third-order valence-corrected chi connectivity index (χ3v) is 4.33. The first-order valence-electron chi connectivity index (χ1n) is 8.79. The molecule has 0 unspecified atom stereocenters. The molecule has 1 aliphatic heterocycles. The normalized spacial score (nSPS) is 15.1. The van der Waals surface area contributed by atoms with Crippen molar-refractivity contribution >= 4 is 23.5 Å². The van der Waals surface area contributed by atoms with E-state index in [-0.39, 0.29) is 29.6 Å². The number of piperidine rings is 1. The van der Waals surface area contributed by atoms with Crippen molar-refractivity contribution in [3.05, 3.63) is 29.8 Å². The number of hydrogen-bond donors (Lipinski definition) is 1. The lowest BCUT2D eigenvalue weighted by atomic mass is 9.95. The van der Waals surface area contributed by atoms with Crippen LogP contribution in [0.3, 0.4) is 0 Å². The number of anilines is 1. The van der Waals surface area contributed by atoms with Gasteiger partial charge in [0.2, 0.25) is 11.8 Å². The van der Waals surface area contributed by atoms with Crippen LogP contribution in [0.4, 0.5) is 5.69 Å². The predicted octanol–water partition coefficient (Wildman–Crippen LogP) is 2.70. The van der Waals surface area contributed by atoms with Gasteiger partial charge >= 0.3 is 5.97 Å². The van der Waals surface area contributed by atoms with Gasteiger partial charge in [0, 0.05) is 30.6 Å². The van der Waals surface area contributed by atoms with Gasteiger partial charge < -0.3 is 15.0 Å². The number of amides is 2. The molecule has 1 aromatic rings. The topological polar surface area (TPSA) is 75.7 Å². The van der Waals surface area contributed by atoms with Crippen LogP contribution in [0.15, 0.2) is 24.3 Å². The molecule has 1 aromatic carbocycles. The van der Waals surface area contributed by atoms with Gasteiger partial charge in [-0.1, -0.05) is 13.8 Å². The Labute approximate surface area is 148 Å². The molecule has 1 heterocycles. The molecule has 1 aliphatic rings. The van der Waals surface area contributed by atoms with Crippen LogP contribution in [0.1, 0.15) is 44.0 Å². The smallest absolute Gasteiger partial charge is 0.338 e. The van der Waals surface area contributed by atoms with Crippen molar-refractivity contribution in [3.63, 3.8) is 0 Å². The van der Waals surface area contributed by atoms with Crippen LogP contribution in [0, 0.1) is 11.8 Å². The Kier molecular flexibility index (Phi) is 6.56. The monoisotopic (exact) mass is 346 g/mol. The summed E-state index contributed by atoms with van der Waals surface area (Å²) in [5.74, 6) is -0.374. The van der Waals surface area contributed by atoms with Gasteiger partial charge in [-0.3, -0.25) is 9.59 Å². The van der Waals surface area contributed by atoms with Crippen molar-refractivity contribution in [3.8, 4) is 0 Å². The molecule has 25 heavy (non-hydrogen) atoms. The number of benzene rings is 1. The van der Waals surface area contributed by atoms with Crippen molar-refractivity contribution in [2.24, 2.45) is 11.8 Å². The van der Waals surface area contributed by atoms with Gasteiger partial charge in [-0.05, 0) is 44.0 Å². The molecule has 136 valence electrons. The Balaban J connectivity index is 1.86. The van der Waals surface area contributed by atoms with Crippen molar-refractivity contribution in [2.75, 3.05) is 25.0 Å². The Hall–Kier alpha value is -2.37. The van der Waals surface area contributed by atoms with E-state index in [0.29, 0.717) is 43.8 Å². The van der Waals surface area contributed by atoms with Crippen LogP contribution in [0.5, 0.6) is 0 Å². The van der Waals surface area contributed by atoms with E-state index in [1.165, 1.54) is 0 Å². The minimum atomic E-state index is -0.373. The zero-order valence-electron chi connectivity index (χ0n) is 15.1. The average molecular weight is 346 g/mol. The first-order chi connectivity index (χ1) is 11.9. The minimum absolute atomic E-state index is 0.0108. The maximum absolute atomic E-state index is 12.4. The standard InChI is InChI=1S/C19H26N2O4/c1-4-25-19(24)15-5-7-16(8-6-15)20-17(22)14-9-11-21(12-10-14)18(23)13(2)3/h5-8,13-14H,4,9-12H2,1-3H3,(H,20,22). The molecule has 0 atom stereocenters. The lowest BCUT2D eigenvalue weighted by molar-refractivity contribution is -0.137. The molecule has 0 bridgehead atoms. The fourth-order valence-corrected chi connectivity index (χ4v) is 2.88. The number of hydrogen-bond acceptors (Lipinski definition) is 4. The second-order valence-corrected chi connectivity index (χ2v) is 6.54. The number of likely N-dealkylation sites (tertiary alicyclic amines) is 1. The van der Waals surface area contributed by atoms with Gasteiger partial charge in [-0.15, -0.1) is 0 Å². The summed E-state index contributed by atoms with van der Waals surface area (Å²) in [6.07, 6.45) is 1.34. The van der Waals surface area contributed by atoms with Crippen LogP contribution < -0.4 is 5.32 Å². The van der Waals surface area contributed by atoms with Crippen LogP contribution in [-0.2, 0) is 14.3 Å². The second kappa shape index (κ2) is 8.65. The molecule has 2 amide bonds. The van der Waals surface area contributed by atoms with E-state index in [9.17, 15) is 14.4 Å². The maximum Gasteiger partial charge on any atom is 0.338 e. The van der Waals surface area contributed by atoms with Crippen molar-refractivity contribution in [1.82, 2.24) is 4.90 Å². The van der Waals surface area contributed by atoms with Gasteiger partial charge in [0.1, 0.15) is 0 Å². The number of nitrogens with one attached hydrogen (secondary N) is 1. The summed E-state index contributed by atoms with van der Waals surface area (Å²) in [6, 6.07) is 6.66. The molecule has 1 N–H and O–H groups in total. The lowest BCUT2D eigenvalue weighted by Gasteiger charge is -2.32. The largest absolute Gasteiger partial charge is 0.462 e. The van der Waals surface area contributed by atoms with Crippen LogP contribution in [0.2, 0.25) is 0 Å². The van der Waals surface area contributed by atoms with Gasteiger partial charge in [0.05, 0.1) is 12.2 Å². The molecule has 0 aromatic heterocycles. The average Bonchev–Trinajstić information content (AvgIpc) is 2.62. The number of carbonyl (C=O) groups excluding carboxylic acids is 3. The van der Waals surface area contributed by atoms with Gasteiger partial charge in [-0.25, -0.2) is 4.79 Å². The number of esters is 1. The number of carbonyl (C=O) groups is 3. The summed E-state index contributed by atoms with van der Waals surface area (Å²) < 4.78 is 4.93. The van der Waals surface area contributed by atoms with E-state index >= 15 is 0 Å². The Morgan fingerprint density at radius 1 is 1.16 bits per heavy atom. The van der Waals surface area contributed by atoms with Crippen LogP contribution >= 0.6 is 0 Å². The molecule has 0 aliphatic carbocycles. The van der Waals surface area contributed by atoms with E-state index in [1.54, 1.807) is 31.2 Å². The molecule has 6 heteroatoms. The number of ether oxygens (including phenoxy) is 1. The highest BCUT2D eigenvalue weighted by atomic mass is 16.5. The Bertz CT molecular complexity index is 617. The Morgan fingerprint density at radius 3 is 2.28 bits per heavy atom. The summed E-state index contributed by atoms with van der Waals surface area (Å²) in [4.78, 5) is 37.8. The quantitative estimate of drug-likeness (QED) is 0.832. The molecule has 0 radical (unpaired) electrons. The van der Waals surface area contributed by atoms with E-state index in [0.717, 1.165) is 0 Å². The molecular weight excluding hydrogens is 320 g/mol. The highest BCUT2D eigenvalue weighted by molar-refractivity contribution is 5.94. The molecule has 0 spiro atoms. The first-order valence-corrected chi connectivity index (χ1v) is 8.79. The predicted molar refractivity (Wildman–Crippen MR) is 95.2 cm³/mol. The molecule has 6 nitrogen and oxygen atoms in total. The van der Waals surface area contributed by atoms with Crippen LogP contribution in [-0.4, -0.2) is 42.4 Å². The second-order valence-electron chi connectivity index (χ2n) is 6.54. The third kappa shape index (κ3) is 5.05. The van der Waals surface area contributed by atoms with E-state index in [1.807, 2.05) is 18.7 Å². The highest BCUT2D eigenvalue weighted by Crippen LogP contribution is 2.21. The summed E-state index contributed by atoms with van der Waals surface area (Å²) in [5, 5.41) is 2.88. The zero-order valence-corrected chi connectivity index (χ0v) is 15.1. The van der Waals surface area contributed by atoms with Crippen molar-refractivity contribution in [1.29, 1.82) is 0 Å². The molecule has 1 fully saturated rings. The molecule has 0 saturated carbocycles. The molecule has 1 saturated heterocycles.